The lowest BCUT2D eigenvalue weighted by Crippen LogP contribution is -2.28. The van der Waals surface area contributed by atoms with Gasteiger partial charge in [0.05, 0.1) is 18.2 Å². The van der Waals surface area contributed by atoms with Crippen molar-refractivity contribution < 1.29 is 0 Å². The number of fused-ring (bicyclic) bond motifs is 7. The largest absolute Gasteiger partial charge is 0.260 e. The van der Waals surface area contributed by atoms with Crippen LogP contribution in [0.5, 0.6) is 0 Å². The molecule has 4 atom stereocenters. The molecule has 18 heavy (non-hydrogen) atoms. The molecule has 2 aromatic rings. The summed E-state index contributed by atoms with van der Waals surface area (Å²) in [4.78, 5) is 2.36. The fourth-order valence-electron chi connectivity index (χ4n) is 4.06. The molecule has 0 radical (unpaired) electrons. The molecule has 0 saturated carbocycles. The van der Waals surface area contributed by atoms with Crippen LogP contribution in [0.25, 0.3) is 0 Å². The van der Waals surface area contributed by atoms with Crippen molar-refractivity contribution in [2.45, 2.75) is 17.6 Å². The number of rotatable bonds is 0. The lowest BCUT2D eigenvalue weighted by Gasteiger charge is -2.22. The van der Waals surface area contributed by atoms with E-state index < -0.39 is 5.54 Å². The summed E-state index contributed by atoms with van der Waals surface area (Å²) >= 11 is 0. The van der Waals surface area contributed by atoms with Gasteiger partial charge in [-0.25, -0.2) is 0 Å². The normalized spacial score (nSPS) is 36.5. The van der Waals surface area contributed by atoms with Gasteiger partial charge in [-0.2, -0.15) is 5.26 Å². The number of nitriles is 1. The van der Waals surface area contributed by atoms with E-state index in [0.717, 1.165) is 0 Å². The van der Waals surface area contributed by atoms with Gasteiger partial charge in [-0.05, 0) is 22.3 Å². The Bertz CT molecular complexity index is 687. The predicted octanol–water partition coefficient (Wildman–Crippen LogP) is 2.88. The Morgan fingerprint density at radius 1 is 0.889 bits per heavy atom. The van der Waals surface area contributed by atoms with Crippen molar-refractivity contribution in [1.29, 1.82) is 5.26 Å². The standard InChI is InChI=1S/C16H10N2/c17-9-16-12-7-3-1-5-10(12)14-15(18(14)16)11-6-2-4-8-13(11)16/h1-8,14-15H/t14-,15+,16?,18?. The Hall–Kier alpha value is -2.11. The first-order chi connectivity index (χ1) is 8.89. The molecule has 0 spiro atoms. The maximum Gasteiger partial charge on any atom is 0.162 e. The van der Waals surface area contributed by atoms with E-state index in [4.69, 9.17) is 0 Å². The molecule has 84 valence electrons. The Morgan fingerprint density at radius 2 is 1.39 bits per heavy atom. The van der Waals surface area contributed by atoms with E-state index in [-0.39, 0.29) is 0 Å². The molecule has 3 aliphatic rings. The molecule has 1 fully saturated rings. The third-order valence-corrected chi connectivity index (χ3v) is 4.70. The summed E-state index contributed by atoms with van der Waals surface area (Å²) in [5, 5.41) is 9.84. The summed E-state index contributed by atoms with van der Waals surface area (Å²) in [6, 6.07) is 20.3. The Labute approximate surface area is 105 Å². The second kappa shape index (κ2) is 2.50. The number of nitrogens with zero attached hydrogens (tertiary/aromatic N) is 2. The number of hydrogen-bond donors (Lipinski definition) is 0. The quantitative estimate of drug-likeness (QED) is 0.651. The van der Waals surface area contributed by atoms with Crippen LogP contribution in [0.15, 0.2) is 48.5 Å². The zero-order valence-corrected chi connectivity index (χ0v) is 9.67. The molecular weight excluding hydrogens is 220 g/mol. The fraction of sp³-hybridized carbons (Fsp3) is 0.188. The molecule has 0 bridgehead atoms. The van der Waals surface area contributed by atoms with Gasteiger partial charge in [0.2, 0.25) is 0 Å². The molecule has 0 amide bonds. The van der Waals surface area contributed by atoms with Crippen LogP contribution in [0.3, 0.4) is 0 Å². The first-order valence-electron chi connectivity index (χ1n) is 6.28. The lowest BCUT2D eigenvalue weighted by molar-refractivity contribution is 0.378. The Kier molecular flexibility index (Phi) is 1.24. The SMILES string of the molecule is N#CC12c3ccccc3[C@@H]3[C@H](c4ccccc41)N32. The highest BCUT2D eigenvalue weighted by Gasteiger charge is 2.72. The summed E-state index contributed by atoms with van der Waals surface area (Å²) in [7, 11) is 0. The third-order valence-electron chi connectivity index (χ3n) is 4.70. The molecule has 2 unspecified atom stereocenters. The number of benzene rings is 2. The highest BCUT2D eigenvalue weighted by Crippen LogP contribution is 2.74. The first kappa shape index (κ1) is 8.91. The van der Waals surface area contributed by atoms with E-state index in [0.29, 0.717) is 12.1 Å². The minimum absolute atomic E-state index is 0.441. The molecule has 3 aliphatic heterocycles. The molecule has 0 N–H and O–H groups in total. The van der Waals surface area contributed by atoms with Crippen LogP contribution in [0.1, 0.15) is 34.3 Å². The smallest absolute Gasteiger partial charge is 0.162 e. The number of hydrogen-bond acceptors (Lipinski definition) is 2. The van der Waals surface area contributed by atoms with Crippen molar-refractivity contribution in [1.82, 2.24) is 4.90 Å². The van der Waals surface area contributed by atoms with Crippen LogP contribution in [-0.2, 0) is 5.54 Å². The zero-order chi connectivity index (χ0) is 11.9. The average molecular weight is 230 g/mol. The van der Waals surface area contributed by atoms with E-state index in [2.05, 4.69) is 47.4 Å². The molecule has 0 aliphatic carbocycles. The van der Waals surface area contributed by atoms with Crippen molar-refractivity contribution >= 4 is 0 Å². The van der Waals surface area contributed by atoms with Gasteiger partial charge in [0.25, 0.3) is 0 Å². The third kappa shape index (κ3) is 0.665. The Morgan fingerprint density at radius 3 is 1.89 bits per heavy atom. The van der Waals surface area contributed by atoms with Crippen LogP contribution < -0.4 is 0 Å². The van der Waals surface area contributed by atoms with Crippen LogP contribution in [0.2, 0.25) is 0 Å². The van der Waals surface area contributed by atoms with Gasteiger partial charge in [0, 0.05) is 0 Å². The van der Waals surface area contributed by atoms with Gasteiger partial charge in [-0.3, -0.25) is 4.90 Å². The van der Waals surface area contributed by atoms with Gasteiger partial charge in [0.15, 0.2) is 5.54 Å². The van der Waals surface area contributed by atoms with E-state index in [1.54, 1.807) is 0 Å². The van der Waals surface area contributed by atoms with Crippen LogP contribution in [0, 0.1) is 11.3 Å². The first-order valence-corrected chi connectivity index (χ1v) is 6.28. The average Bonchev–Trinajstić information content (AvgIpc) is 3.03. The topological polar surface area (TPSA) is 26.8 Å². The second-order valence-corrected chi connectivity index (χ2v) is 5.29. The molecular formula is C16H10N2. The maximum atomic E-state index is 9.84. The minimum atomic E-state index is -0.511. The summed E-state index contributed by atoms with van der Waals surface area (Å²) in [6.07, 6.45) is 0. The monoisotopic (exact) mass is 230 g/mol. The predicted molar refractivity (Wildman–Crippen MR) is 66.6 cm³/mol. The van der Waals surface area contributed by atoms with E-state index in [9.17, 15) is 5.26 Å². The highest BCUT2D eigenvalue weighted by atomic mass is 15.4. The van der Waals surface area contributed by atoms with Crippen molar-refractivity contribution in [3.8, 4) is 6.07 Å². The van der Waals surface area contributed by atoms with Gasteiger partial charge in [0.1, 0.15) is 0 Å². The summed E-state index contributed by atoms with van der Waals surface area (Å²) in [5.41, 5.74) is 4.57. The van der Waals surface area contributed by atoms with E-state index in [1.165, 1.54) is 22.3 Å². The van der Waals surface area contributed by atoms with Gasteiger partial charge in [-0.1, -0.05) is 48.5 Å². The molecule has 1 saturated heterocycles. The zero-order valence-electron chi connectivity index (χ0n) is 9.67. The Balaban J connectivity index is 1.94. The van der Waals surface area contributed by atoms with Crippen molar-refractivity contribution in [3.63, 3.8) is 0 Å². The summed E-state index contributed by atoms with van der Waals surface area (Å²) in [6.45, 7) is 0. The fourth-order valence-corrected chi connectivity index (χ4v) is 4.06. The molecule has 2 nitrogen and oxygen atoms in total. The van der Waals surface area contributed by atoms with E-state index >= 15 is 0 Å². The molecule has 5 rings (SSSR count). The van der Waals surface area contributed by atoms with Crippen LogP contribution in [-0.4, -0.2) is 4.90 Å². The molecule has 0 aromatic heterocycles. The van der Waals surface area contributed by atoms with Gasteiger partial charge >= 0.3 is 0 Å². The minimum Gasteiger partial charge on any atom is -0.260 e. The van der Waals surface area contributed by atoms with Gasteiger partial charge < -0.3 is 0 Å². The van der Waals surface area contributed by atoms with Crippen LogP contribution >= 0.6 is 0 Å². The van der Waals surface area contributed by atoms with Crippen molar-refractivity contribution in [2.75, 3.05) is 0 Å². The van der Waals surface area contributed by atoms with Crippen LogP contribution in [0.4, 0.5) is 0 Å². The van der Waals surface area contributed by atoms with Crippen molar-refractivity contribution in [2.24, 2.45) is 0 Å². The lowest BCUT2D eigenvalue weighted by atomic mass is 9.85. The maximum absolute atomic E-state index is 9.84. The molecule has 3 heterocycles. The second-order valence-electron chi connectivity index (χ2n) is 5.29. The van der Waals surface area contributed by atoms with E-state index in [1.807, 2.05) is 12.1 Å². The summed E-state index contributed by atoms with van der Waals surface area (Å²) < 4.78 is 0. The van der Waals surface area contributed by atoms with Crippen molar-refractivity contribution in [3.05, 3.63) is 70.8 Å². The highest BCUT2D eigenvalue weighted by molar-refractivity contribution is 5.67. The molecule has 2 heteroatoms. The molecule has 2 aromatic carbocycles. The summed E-state index contributed by atoms with van der Waals surface area (Å²) in [5.74, 6) is 0. The van der Waals surface area contributed by atoms with Gasteiger partial charge in [-0.15, -0.1) is 0 Å².